The number of methoxy groups -OCH3 is 1. The van der Waals surface area contributed by atoms with Crippen molar-refractivity contribution in [1.82, 2.24) is 9.97 Å². The third-order valence-electron chi connectivity index (χ3n) is 3.71. The van der Waals surface area contributed by atoms with Gasteiger partial charge in [0.15, 0.2) is 0 Å². The van der Waals surface area contributed by atoms with Crippen LogP contribution in [0.15, 0.2) is 51.7 Å². The van der Waals surface area contributed by atoms with Crippen LogP contribution in [0.25, 0.3) is 23.5 Å². The molecule has 144 valence electrons. The Morgan fingerprint density at radius 3 is 2.50 bits per heavy atom. The zero-order valence-corrected chi connectivity index (χ0v) is 14.4. The summed E-state index contributed by atoms with van der Waals surface area (Å²) >= 11 is 0. The number of nitrogens with one attached hydrogen (secondary N) is 1. The smallest absolute Gasteiger partial charge is 0.431 e. The fourth-order valence-corrected chi connectivity index (χ4v) is 2.37. The lowest BCUT2D eigenvalue weighted by Crippen LogP contribution is -2.19. The number of nitrogens with zero attached hydrogens (tertiary/aromatic N) is 1. The van der Waals surface area contributed by atoms with Gasteiger partial charge in [0.1, 0.15) is 17.2 Å². The molecule has 0 bridgehead atoms. The van der Waals surface area contributed by atoms with E-state index in [2.05, 4.69) is 9.72 Å². The second kappa shape index (κ2) is 7.55. The first-order valence-corrected chi connectivity index (χ1v) is 7.91. The zero-order valence-electron chi connectivity index (χ0n) is 14.4. The van der Waals surface area contributed by atoms with Crippen LogP contribution >= 0.6 is 0 Å². The molecule has 2 aromatic heterocycles. The molecule has 0 saturated heterocycles. The van der Waals surface area contributed by atoms with Gasteiger partial charge in [-0.25, -0.2) is 9.59 Å². The number of aromatic nitrogens is 2. The van der Waals surface area contributed by atoms with Gasteiger partial charge in [-0.3, -0.25) is 0 Å². The lowest BCUT2D eigenvalue weighted by Gasteiger charge is -2.05. The summed E-state index contributed by atoms with van der Waals surface area (Å²) in [5.74, 6) is 0.381. The number of benzene rings is 1. The molecular weight excluding hydrogens is 377 g/mol. The maximum atomic E-state index is 12.7. The number of hydrogen-bond acceptors (Lipinski definition) is 5. The Labute approximate surface area is 156 Å². The Hall–Kier alpha value is -3.62. The van der Waals surface area contributed by atoms with E-state index in [0.717, 1.165) is 6.07 Å². The summed E-state index contributed by atoms with van der Waals surface area (Å²) in [6.07, 6.45) is -2.04. The summed E-state index contributed by atoms with van der Waals surface area (Å²) in [5.41, 5.74) is -1.35. The van der Waals surface area contributed by atoms with Crippen molar-refractivity contribution in [2.75, 3.05) is 7.11 Å². The van der Waals surface area contributed by atoms with Crippen LogP contribution in [0.2, 0.25) is 0 Å². The summed E-state index contributed by atoms with van der Waals surface area (Å²) < 4.78 is 48.4. The van der Waals surface area contributed by atoms with Crippen molar-refractivity contribution in [2.24, 2.45) is 0 Å². The minimum atomic E-state index is -4.68. The molecule has 1 aromatic carbocycles. The number of H-pyrrole nitrogens is 1. The number of carbonyl (C=O) groups excluding carboxylic acids is 1. The maximum Gasteiger partial charge on any atom is 0.431 e. The highest BCUT2D eigenvalue weighted by Gasteiger charge is 2.32. The first-order valence-electron chi connectivity index (χ1n) is 7.91. The molecule has 0 radical (unpaired) electrons. The van der Waals surface area contributed by atoms with Crippen LogP contribution < -0.4 is 5.69 Å². The summed E-state index contributed by atoms with van der Waals surface area (Å²) in [4.78, 5) is 27.9. The number of halogens is 3. The van der Waals surface area contributed by atoms with E-state index in [1.54, 1.807) is 41.4 Å². The second-order valence-corrected chi connectivity index (χ2v) is 5.63. The van der Waals surface area contributed by atoms with Crippen molar-refractivity contribution in [1.29, 1.82) is 0 Å². The van der Waals surface area contributed by atoms with Crippen LogP contribution in [0.3, 0.4) is 0 Å². The average molecular weight is 390 g/mol. The molecule has 0 unspecified atom stereocenters. The van der Waals surface area contributed by atoms with Crippen molar-refractivity contribution < 1.29 is 27.1 Å². The Morgan fingerprint density at radius 2 is 1.86 bits per heavy atom. The lowest BCUT2D eigenvalue weighted by atomic mass is 10.1. The SMILES string of the molecule is COC(=O)c1ccc(-c2ccc(C=Cc3cc(C(F)(F)F)[nH]c(=O)n3)o2)cc1. The van der Waals surface area contributed by atoms with Crippen LogP contribution in [-0.4, -0.2) is 23.0 Å². The van der Waals surface area contributed by atoms with Crippen molar-refractivity contribution in [3.05, 3.63) is 75.7 Å². The monoisotopic (exact) mass is 390 g/mol. The van der Waals surface area contributed by atoms with Crippen molar-refractivity contribution >= 4 is 18.1 Å². The number of aromatic amines is 1. The van der Waals surface area contributed by atoms with Gasteiger partial charge in [-0.05, 0) is 42.5 Å². The van der Waals surface area contributed by atoms with E-state index in [-0.39, 0.29) is 5.69 Å². The van der Waals surface area contributed by atoms with Gasteiger partial charge in [0.05, 0.1) is 18.4 Å². The number of rotatable bonds is 4. The van der Waals surface area contributed by atoms with Gasteiger partial charge in [0, 0.05) is 5.56 Å². The molecule has 0 spiro atoms. The molecule has 1 N–H and O–H groups in total. The molecule has 0 saturated carbocycles. The van der Waals surface area contributed by atoms with Crippen LogP contribution in [0.1, 0.15) is 27.5 Å². The molecule has 0 aliphatic heterocycles. The van der Waals surface area contributed by atoms with E-state index in [0.29, 0.717) is 22.6 Å². The van der Waals surface area contributed by atoms with E-state index in [1.165, 1.54) is 19.3 Å². The van der Waals surface area contributed by atoms with Crippen LogP contribution in [0.5, 0.6) is 0 Å². The normalized spacial score (nSPS) is 11.7. The summed E-state index contributed by atoms with van der Waals surface area (Å²) in [6.45, 7) is 0. The van der Waals surface area contributed by atoms with E-state index < -0.39 is 23.5 Å². The number of hydrogen-bond donors (Lipinski definition) is 1. The molecular formula is C19H13F3N2O4. The fraction of sp³-hybridized carbons (Fsp3) is 0.105. The van der Waals surface area contributed by atoms with E-state index in [1.807, 2.05) is 0 Å². The van der Waals surface area contributed by atoms with Gasteiger partial charge in [0.25, 0.3) is 0 Å². The topological polar surface area (TPSA) is 85.2 Å². The average Bonchev–Trinajstić information content (AvgIpc) is 3.14. The number of furan rings is 1. The highest BCUT2D eigenvalue weighted by molar-refractivity contribution is 5.89. The Kier molecular flexibility index (Phi) is 5.16. The first kappa shape index (κ1) is 19.2. The van der Waals surface area contributed by atoms with E-state index in [4.69, 9.17) is 4.42 Å². The second-order valence-electron chi connectivity index (χ2n) is 5.63. The van der Waals surface area contributed by atoms with Gasteiger partial charge < -0.3 is 14.1 Å². The molecule has 6 nitrogen and oxygen atoms in total. The zero-order chi connectivity index (χ0) is 20.3. The lowest BCUT2D eigenvalue weighted by molar-refractivity contribution is -0.141. The summed E-state index contributed by atoms with van der Waals surface area (Å²) in [5, 5.41) is 0. The fourth-order valence-electron chi connectivity index (χ4n) is 2.37. The molecule has 0 aliphatic carbocycles. The van der Waals surface area contributed by atoms with Gasteiger partial charge in [-0.1, -0.05) is 12.1 Å². The minimum absolute atomic E-state index is 0.156. The third kappa shape index (κ3) is 4.37. The largest absolute Gasteiger partial charge is 0.465 e. The molecule has 3 rings (SSSR count). The summed E-state index contributed by atoms with van der Waals surface area (Å²) in [7, 11) is 1.29. The van der Waals surface area contributed by atoms with Gasteiger partial charge in [0.2, 0.25) is 0 Å². The maximum absolute atomic E-state index is 12.7. The first-order chi connectivity index (χ1) is 13.3. The Bertz CT molecular complexity index is 1080. The Morgan fingerprint density at radius 1 is 1.14 bits per heavy atom. The number of carbonyl (C=O) groups is 1. The number of ether oxygens (including phenoxy) is 1. The molecule has 28 heavy (non-hydrogen) atoms. The molecule has 0 atom stereocenters. The third-order valence-corrected chi connectivity index (χ3v) is 3.71. The van der Waals surface area contributed by atoms with E-state index in [9.17, 15) is 22.8 Å². The van der Waals surface area contributed by atoms with Gasteiger partial charge in [-0.2, -0.15) is 18.2 Å². The van der Waals surface area contributed by atoms with Gasteiger partial charge in [-0.15, -0.1) is 0 Å². The van der Waals surface area contributed by atoms with Gasteiger partial charge >= 0.3 is 17.8 Å². The predicted octanol–water partition coefficient (Wildman–Crippen LogP) is 4.01. The highest BCUT2D eigenvalue weighted by Crippen LogP contribution is 2.27. The Balaban J connectivity index is 1.81. The molecule has 3 aromatic rings. The molecule has 2 heterocycles. The number of alkyl halides is 3. The molecule has 0 amide bonds. The molecule has 0 fully saturated rings. The van der Waals surface area contributed by atoms with Crippen molar-refractivity contribution in [3.8, 4) is 11.3 Å². The number of esters is 1. The summed E-state index contributed by atoms with van der Waals surface area (Å²) in [6, 6.07) is 10.5. The van der Waals surface area contributed by atoms with Crippen molar-refractivity contribution in [3.63, 3.8) is 0 Å². The van der Waals surface area contributed by atoms with Crippen LogP contribution in [0, 0.1) is 0 Å². The van der Waals surface area contributed by atoms with Crippen LogP contribution in [0.4, 0.5) is 13.2 Å². The molecule has 9 heteroatoms. The quantitative estimate of drug-likeness (QED) is 0.681. The minimum Gasteiger partial charge on any atom is -0.465 e. The van der Waals surface area contributed by atoms with Crippen molar-refractivity contribution in [2.45, 2.75) is 6.18 Å². The molecule has 0 aliphatic rings. The standard InChI is InChI=1S/C19H13F3N2O4/c1-27-17(25)12-4-2-11(3-5-12)15-9-8-14(28-15)7-6-13-10-16(19(20,21)22)24-18(26)23-13/h2-10H,1H3,(H,23,24,26). The van der Waals surface area contributed by atoms with E-state index >= 15 is 0 Å². The predicted molar refractivity (Wildman–Crippen MR) is 94.3 cm³/mol. The van der Waals surface area contributed by atoms with Crippen LogP contribution in [-0.2, 0) is 10.9 Å². The highest BCUT2D eigenvalue weighted by atomic mass is 19.4.